The average molecular weight is 170 g/mol. The van der Waals surface area contributed by atoms with Crippen molar-refractivity contribution in [3.63, 3.8) is 0 Å². The van der Waals surface area contributed by atoms with Crippen LogP contribution in [0.5, 0.6) is 0 Å². The van der Waals surface area contributed by atoms with Gasteiger partial charge in [-0.05, 0) is 6.07 Å². The normalized spacial score (nSPS) is 9.55. The van der Waals surface area contributed by atoms with Crippen molar-refractivity contribution in [1.29, 1.82) is 0 Å². The van der Waals surface area contributed by atoms with Crippen molar-refractivity contribution in [2.45, 2.75) is 5.03 Å². The van der Waals surface area contributed by atoms with E-state index in [1.54, 1.807) is 0 Å². The third kappa shape index (κ3) is 1.43. The van der Waals surface area contributed by atoms with Crippen LogP contribution in [0.15, 0.2) is 23.4 Å². The second kappa shape index (κ2) is 2.79. The topological polar surface area (TPSA) is 70.0 Å². The van der Waals surface area contributed by atoms with E-state index in [1.807, 2.05) is 0 Å². The van der Waals surface area contributed by atoms with Crippen molar-refractivity contribution >= 4 is 18.5 Å². The van der Waals surface area contributed by atoms with Crippen LogP contribution in [0.1, 0.15) is 10.4 Å². The van der Waals surface area contributed by atoms with Crippen LogP contribution in [0.2, 0.25) is 0 Å². The molecule has 0 saturated carbocycles. The standard InChI is InChI=1S/C6H6N2O2S/c7-5(9)4-2-1-3-8(10)6(4)11/h1-3,11H,(H2,7,9). The number of aromatic nitrogens is 1. The molecule has 0 fully saturated rings. The number of rotatable bonds is 1. The Morgan fingerprint density at radius 2 is 2.36 bits per heavy atom. The fourth-order valence-corrected chi connectivity index (χ4v) is 0.925. The molecule has 0 bridgehead atoms. The number of primary amides is 1. The molecule has 0 aliphatic rings. The minimum absolute atomic E-state index is 0.0278. The zero-order chi connectivity index (χ0) is 8.43. The molecule has 1 rings (SSSR count). The predicted molar refractivity (Wildman–Crippen MR) is 41.2 cm³/mol. The molecule has 0 unspecified atom stereocenters. The Bertz CT molecular complexity index is 301. The molecule has 0 atom stereocenters. The van der Waals surface area contributed by atoms with Gasteiger partial charge in [-0.2, -0.15) is 4.73 Å². The molecular formula is C6H6N2O2S. The molecule has 0 radical (unpaired) electrons. The maximum absolute atomic E-state index is 10.8. The van der Waals surface area contributed by atoms with Crippen LogP contribution in [0.25, 0.3) is 0 Å². The molecule has 1 heterocycles. The van der Waals surface area contributed by atoms with E-state index < -0.39 is 5.91 Å². The first-order valence-corrected chi connectivity index (χ1v) is 3.28. The highest BCUT2D eigenvalue weighted by molar-refractivity contribution is 7.80. The summed E-state index contributed by atoms with van der Waals surface area (Å²) in [7, 11) is 0. The second-order valence-corrected chi connectivity index (χ2v) is 2.36. The van der Waals surface area contributed by atoms with E-state index in [0.717, 1.165) is 0 Å². The summed E-state index contributed by atoms with van der Waals surface area (Å²) >= 11 is 3.80. The van der Waals surface area contributed by atoms with Crippen LogP contribution in [0, 0.1) is 5.21 Å². The van der Waals surface area contributed by atoms with Gasteiger partial charge >= 0.3 is 0 Å². The molecule has 1 aromatic rings. The Morgan fingerprint density at radius 1 is 1.73 bits per heavy atom. The number of carbonyl (C=O) groups is 1. The molecule has 0 aliphatic heterocycles. The monoisotopic (exact) mass is 170 g/mol. The van der Waals surface area contributed by atoms with Crippen molar-refractivity contribution < 1.29 is 9.52 Å². The molecule has 1 amide bonds. The number of nitrogens with two attached hydrogens (primary N) is 1. The summed E-state index contributed by atoms with van der Waals surface area (Å²) in [5.41, 5.74) is 5.07. The van der Waals surface area contributed by atoms with Crippen LogP contribution in [-0.2, 0) is 0 Å². The first-order valence-electron chi connectivity index (χ1n) is 2.84. The van der Waals surface area contributed by atoms with Gasteiger partial charge in [0.05, 0.1) is 0 Å². The number of amides is 1. The van der Waals surface area contributed by atoms with Crippen molar-refractivity contribution in [2.24, 2.45) is 5.73 Å². The number of carbonyl (C=O) groups excluding carboxylic acids is 1. The van der Waals surface area contributed by atoms with Gasteiger partial charge < -0.3 is 10.9 Å². The molecule has 0 aromatic carbocycles. The highest BCUT2D eigenvalue weighted by Gasteiger charge is 2.11. The zero-order valence-corrected chi connectivity index (χ0v) is 6.41. The van der Waals surface area contributed by atoms with E-state index in [-0.39, 0.29) is 10.6 Å². The molecule has 2 N–H and O–H groups in total. The van der Waals surface area contributed by atoms with Gasteiger partial charge in [-0.3, -0.25) is 4.79 Å². The molecule has 5 heteroatoms. The van der Waals surface area contributed by atoms with Gasteiger partial charge in [0, 0.05) is 6.07 Å². The molecular weight excluding hydrogens is 164 g/mol. The van der Waals surface area contributed by atoms with Crippen molar-refractivity contribution in [1.82, 2.24) is 0 Å². The lowest BCUT2D eigenvalue weighted by atomic mass is 10.3. The summed E-state index contributed by atoms with van der Waals surface area (Å²) < 4.78 is 0.475. The first-order chi connectivity index (χ1) is 5.13. The number of thiol groups is 1. The summed E-state index contributed by atoms with van der Waals surface area (Å²) in [4.78, 5) is 10.6. The fourth-order valence-electron chi connectivity index (χ4n) is 0.674. The van der Waals surface area contributed by atoms with E-state index in [4.69, 9.17) is 5.73 Å². The van der Waals surface area contributed by atoms with E-state index in [2.05, 4.69) is 12.6 Å². The van der Waals surface area contributed by atoms with Gasteiger partial charge in [-0.25, -0.2) is 0 Å². The summed E-state index contributed by atoms with van der Waals surface area (Å²) in [6, 6.07) is 2.88. The van der Waals surface area contributed by atoms with Gasteiger partial charge in [0.25, 0.3) is 10.9 Å². The van der Waals surface area contributed by atoms with Crippen LogP contribution >= 0.6 is 12.6 Å². The zero-order valence-electron chi connectivity index (χ0n) is 5.52. The van der Waals surface area contributed by atoms with Crippen molar-refractivity contribution in [2.75, 3.05) is 0 Å². The molecule has 0 aliphatic carbocycles. The maximum atomic E-state index is 10.8. The number of hydrogen-bond acceptors (Lipinski definition) is 3. The fraction of sp³-hybridized carbons (Fsp3) is 0. The third-order valence-corrected chi connectivity index (χ3v) is 1.64. The number of hydrogen-bond donors (Lipinski definition) is 2. The van der Waals surface area contributed by atoms with Gasteiger partial charge in [0.15, 0.2) is 6.20 Å². The SMILES string of the molecule is NC(=O)c1ccc[n+]([O-])c1S. The lowest BCUT2D eigenvalue weighted by Crippen LogP contribution is -2.30. The maximum Gasteiger partial charge on any atom is 0.261 e. The Kier molecular flexibility index (Phi) is 2.00. The Labute approximate surface area is 68.6 Å². The molecule has 11 heavy (non-hydrogen) atoms. The Morgan fingerprint density at radius 3 is 2.82 bits per heavy atom. The lowest BCUT2D eigenvalue weighted by Gasteiger charge is -2.00. The highest BCUT2D eigenvalue weighted by atomic mass is 32.1. The van der Waals surface area contributed by atoms with Crippen LogP contribution in [0.4, 0.5) is 0 Å². The first kappa shape index (κ1) is 7.87. The quantitative estimate of drug-likeness (QED) is 0.345. The summed E-state index contributed by atoms with van der Waals surface area (Å²) in [6.07, 6.45) is 1.24. The summed E-state index contributed by atoms with van der Waals surface area (Å²) in [5.74, 6) is -0.653. The average Bonchev–Trinajstić information content (AvgIpc) is 1.94. The van der Waals surface area contributed by atoms with Crippen LogP contribution < -0.4 is 10.5 Å². The highest BCUT2D eigenvalue weighted by Crippen LogP contribution is 2.05. The molecule has 0 saturated heterocycles. The molecule has 1 aromatic heterocycles. The van der Waals surface area contributed by atoms with E-state index in [1.165, 1.54) is 18.3 Å². The van der Waals surface area contributed by atoms with Crippen molar-refractivity contribution in [3.8, 4) is 0 Å². The van der Waals surface area contributed by atoms with Gasteiger partial charge in [-0.15, -0.1) is 0 Å². The van der Waals surface area contributed by atoms with Gasteiger partial charge in [-0.1, -0.05) is 12.6 Å². The minimum atomic E-state index is -0.653. The van der Waals surface area contributed by atoms with Crippen molar-refractivity contribution in [3.05, 3.63) is 29.1 Å². The largest absolute Gasteiger partial charge is 0.618 e. The Hall–Kier alpha value is -1.23. The number of nitrogens with zero attached hydrogens (tertiary/aromatic N) is 1. The molecule has 0 spiro atoms. The predicted octanol–water partition coefficient (Wildman–Crippen LogP) is -0.292. The molecule has 58 valence electrons. The van der Waals surface area contributed by atoms with E-state index in [9.17, 15) is 10.0 Å². The van der Waals surface area contributed by atoms with Gasteiger partial charge in [0.2, 0.25) is 0 Å². The number of pyridine rings is 1. The van der Waals surface area contributed by atoms with Gasteiger partial charge in [0.1, 0.15) is 5.56 Å². The smallest absolute Gasteiger partial charge is 0.261 e. The Balaban J connectivity index is 3.27. The van der Waals surface area contributed by atoms with Crippen LogP contribution in [-0.4, -0.2) is 5.91 Å². The van der Waals surface area contributed by atoms with E-state index in [0.29, 0.717) is 4.73 Å². The summed E-state index contributed by atoms with van der Waals surface area (Å²) in [6.45, 7) is 0. The summed E-state index contributed by atoms with van der Waals surface area (Å²) in [5, 5.41) is 10.8. The lowest BCUT2D eigenvalue weighted by molar-refractivity contribution is -0.645. The van der Waals surface area contributed by atoms with Crippen LogP contribution in [0.3, 0.4) is 0 Å². The van der Waals surface area contributed by atoms with E-state index >= 15 is 0 Å². The minimum Gasteiger partial charge on any atom is -0.618 e. The second-order valence-electron chi connectivity index (χ2n) is 1.94. The molecule has 4 nitrogen and oxygen atoms in total. The third-order valence-electron chi connectivity index (χ3n) is 1.20.